The van der Waals surface area contributed by atoms with Gasteiger partial charge in [-0.05, 0) is 38.0 Å². The van der Waals surface area contributed by atoms with Crippen LogP contribution in [-0.2, 0) is 0 Å². The zero-order valence-electron chi connectivity index (χ0n) is 8.15. The van der Waals surface area contributed by atoms with Crippen molar-refractivity contribution in [2.24, 2.45) is 0 Å². The van der Waals surface area contributed by atoms with Gasteiger partial charge < -0.3 is 10.0 Å². The van der Waals surface area contributed by atoms with Gasteiger partial charge in [0, 0.05) is 16.8 Å². The molecule has 0 saturated carbocycles. The van der Waals surface area contributed by atoms with Crippen LogP contribution in [0.4, 0.5) is 5.69 Å². The molecule has 14 heavy (non-hydrogen) atoms. The molecule has 1 heterocycles. The van der Waals surface area contributed by atoms with Crippen LogP contribution in [-0.4, -0.2) is 17.4 Å². The molecule has 1 aliphatic heterocycles. The number of anilines is 1. The molecule has 76 valence electrons. The zero-order valence-corrected chi connectivity index (χ0v) is 8.91. The summed E-state index contributed by atoms with van der Waals surface area (Å²) in [6.07, 6.45) is 1.52. The topological polar surface area (TPSA) is 23.5 Å². The maximum absolute atomic E-state index is 9.79. The molecule has 1 aliphatic rings. The van der Waals surface area contributed by atoms with Gasteiger partial charge in [0.2, 0.25) is 0 Å². The third kappa shape index (κ3) is 1.72. The molecular formula is C11H14ClNO. The molecule has 0 radical (unpaired) electrons. The number of nitrogens with zero attached hydrogens (tertiary/aromatic N) is 1. The van der Waals surface area contributed by atoms with E-state index >= 15 is 0 Å². The number of hydrogen-bond donors (Lipinski definition) is 1. The van der Waals surface area contributed by atoms with Crippen molar-refractivity contribution in [3.8, 4) is 0 Å². The molecule has 0 spiro atoms. The Labute approximate surface area is 89.1 Å². The van der Waals surface area contributed by atoms with Crippen LogP contribution in [0.5, 0.6) is 0 Å². The molecular weight excluding hydrogens is 198 g/mol. The Hall–Kier alpha value is -0.730. The van der Waals surface area contributed by atoms with Gasteiger partial charge in [-0.2, -0.15) is 0 Å². The van der Waals surface area contributed by atoms with Gasteiger partial charge in [0.1, 0.15) is 6.23 Å². The predicted octanol–water partition coefficient (Wildman–Crippen LogP) is 2.65. The van der Waals surface area contributed by atoms with Crippen LogP contribution in [0.25, 0.3) is 0 Å². The largest absolute Gasteiger partial charge is 0.374 e. The average molecular weight is 212 g/mol. The van der Waals surface area contributed by atoms with Gasteiger partial charge in [0.15, 0.2) is 0 Å². The van der Waals surface area contributed by atoms with Crippen molar-refractivity contribution < 1.29 is 5.11 Å². The quantitative estimate of drug-likeness (QED) is 0.772. The van der Waals surface area contributed by atoms with Gasteiger partial charge in [-0.1, -0.05) is 17.7 Å². The van der Waals surface area contributed by atoms with E-state index in [4.69, 9.17) is 11.6 Å². The van der Waals surface area contributed by atoms with Crippen LogP contribution in [0.15, 0.2) is 24.3 Å². The summed E-state index contributed by atoms with van der Waals surface area (Å²) in [6, 6.07) is 8.03. The molecule has 1 N–H and O–H groups in total. The minimum Gasteiger partial charge on any atom is -0.374 e. The number of benzene rings is 1. The van der Waals surface area contributed by atoms with E-state index in [2.05, 4.69) is 6.92 Å². The summed E-state index contributed by atoms with van der Waals surface area (Å²) in [7, 11) is 0. The lowest BCUT2D eigenvalue weighted by atomic mass is 10.2. The number of aliphatic hydroxyl groups is 1. The fourth-order valence-electron chi connectivity index (χ4n) is 2.03. The summed E-state index contributed by atoms with van der Waals surface area (Å²) in [5, 5.41) is 10.5. The predicted molar refractivity (Wildman–Crippen MR) is 58.6 cm³/mol. The molecule has 0 aromatic heterocycles. The second-order valence-corrected chi connectivity index (χ2v) is 4.23. The van der Waals surface area contributed by atoms with Crippen molar-refractivity contribution in [1.29, 1.82) is 0 Å². The Morgan fingerprint density at radius 2 is 2.21 bits per heavy atom. The average Bonchev–Trinajstić information content (AvgIpc) is 2.46. The highest BCUT2D eigenvalue weighted by Crippen LogP contribution is 2.30. The smallest absolute Gasteiger partial charge is 0.127 e. The van der Waals surface area contributed by atoms with Crippen LogP contribution in [0, 0.1) is 0 Å². The molecule has 0 amide bonds. The molecule has 1 aromatic rings. The fourth-order valence-corrected chi connectivity index (χ4v) is 2.21. The van der Waals surface area contributed by atoms with Crippen molar-refractivity contribution in [3.05, 3.63) is 29.3 Å². The van der Waals surface area contributed by atoms with Gasteiger partial charge in [0.05, 0.1) is 0 Å². The van der Waals surface area contributed by atoms with Crippen LogP contribution in [0.3, 0.4) is 0 Å². The standard InChI is InChI=1S/C11H14ClNO/c1-8-5-6-11(14)13(8)10-4-2-3-9(12)7-10/h2-4,7-8,11,14H,5-6H2,1H3. The maximum atomic E-state index is 9.79. The lowest BCUT2D eigenvalue weighted by Gasteiger charge is -2.27. The van der Waals surface area contributed by atoms with E-state index in [9.17, 15) is 5.11 Å². The first-order valence-corrected chi connectivity index (χ1v) is 5.28. The zero-order chi connectivity index (χ0) is 10.1. The third-order valence-corrected chi connectivity index (χ3v) is 2.98. The van der Waals surface area contributed by atoms with E-state index < -0.39 is 0 Å². The van der Waals surface area contributed by atoms with E-state index in [1.165, 1.54) is 0 Å². The molecule has 3 heteroatoms. The molecule has 2 unspecified atom stereocenters. The van der Waals surface area contributed by atoms with Gasteiger partial charge in [-0.25, -0.2) is 0 Å². The second kappa shape index (κ2) is 3.79. The van der Waals surface area contributed by atoms with Crippen LogP contribution < -0.4 is 4.90 Å². The van der Waals surface area contributed by atoms with Crippen LogP contribution in [0.1, 0.15) is 19.8 Å². The minimum absolute atomic E-state index is 0.358. The van der Waals surface area contributed by atoms with Gasteiger partial charge >= 0.3 is 0 Å². The van der Waals surface area contributed by atoms with Gasteiger partial charge in [0.25, 0.3) is 0 Å². The van der Waals surface area contributed by atoms with Crippen molar-refractivity contribution in [1.82, 2.24) is 0 Å². The van der Waals surface area contributed by atoms with E-state index in [0.29, 0.717) is 11.1 Å². The third-order valence-electron chi connectivity index (χ3n) is 2.74. The Morgan fingerprint density at radius 3 is 2.79 bits per heavy atom. The highest BCUT2D eigenvalue weighted by Gasteiger charge is 2.28. The summed E-state index contributed by atoms with van der Waals surface area (Å²) in [5.74, 6) is 0. The van der Waals surface area contributed by atoms with E-state index in [1.54, 1.807) is 0 Å². The molecule has 2 nitrogen and oxygen atoms in total. The summed E-state index contributed by atoms with van der Waals surface area (Å²) in [4.78, 5) is 2.02. The molecule has 0 aliphatic carbocycles. The van der Waals surface area contributed by atoms with Crippen molar-refractivity contribution in [2.45, 2.75) is 32.0 Å². The maximum Gasteiger partial charge on any atom is 0.127 e. The van der Waals surface area contributed by atoms with Crippen molar-refractivity contribution >= 4 is 17.3 Å². The number of hydrogen-bond acceptors (Lipinski definition) is 2. The monoisotopic (exact) mass is 211 g/mol. The Bertz CT molecular complexity index is 319. The lowest BCUT2D eigenvalue weighted by molar-refractivity contribution is 0.183. The molecule has 1 saturated heterocycles. The minimum atomic E-state index is -0.358. The first-order valence-electron chi connectivity index (χ1n) is 4.90. The number of rotatable bonds is 1. The summed E-state index contributed by atoms with van der Waals surface area (Å²) >= 11 is 5.91. The van der Waals surface area contributed by atoms with E-state index in [-0.39, 0.29) is 6.23 Å². The summed E-state index contributed by atoms with van der Waals surface area (Å²) in [6.45, 7) is 2.12. The SMILES string of the molecule is CC1CCC(O)N1c1cccc(Cl)c1. The van der Waals surface area contributed by atoms with E-state index in [1.807, 2.05) is 29.2 Å². The van der Waals surface area contributed by atoms with Crippen LogP contribution >= 0.6 is 11.6 Å². The van der Waals surface area contributed by atoms with Crippen molar-refractivity contribution in [2.75, 3.05) is 4.90 Å². The summed E-state index contributed by atoms with van der Waals surface area (Å²) < 4.78 is 0. The van der Waals surface area contributed by atoms with Crippen molar-refractivity contribution in [3.63, 3.8) is 0 Å². The Morgan fingerprint density at radius 1 is 1.43 bits per heavy atom. The first-order chi connectivity index (χ1) is 6.68. The molecule has 1 aromatic carbocycles. The van der Waals surface area contributed by atoms with Gasteiger partial charge in [-0.15, -0.1) is 0 Å². The lowest BCUT2D eigenvalue weighted by Crippen LogP contribution is -2.34. The Balaban J connectivity index is 2.29. The van der Waals surface area contributed by atoms with Gasteiger partial charge in [-0.3, -0.25) is 0 Å². The summed E-state index contributed by atoms with van der Waals surface area (Å²) in [5.41, 5.74) is 1.01. The Kier molecular flexibility index (Phi) is 2.66. The molecule has 2 rings (SSSR count). The highest BCUT2D eigenvalue weighted by molar-refractivity contribution is 6.30. The first kappa shape index (κ1) is 9.81. The normalized spacial score (nSPS) is 26.9. The fraction of sp³-hybridized carbons (Fsp3) is 0.455. The highest BCUT2D eigenvalue weighted by atomic mass is 35.5. The van der Waals surface area contributed by atoms with E-state index in [0.717, 1.165) is 18.5 Å². The molecule has 2 atom stereocenters. The molecule has 1 fully saturated rings. The van der Waals surface area contributed by atoms with Crippen LogP contribution in [0.2, 0.25) is 5.02 Å². The second-order valence-electron chi connectivity index (χ2n) is 3.79. The molecule has 0 bridgehead atoms. The number of halogens is 1. The number of aliphatic hydroxyl groups excluding tert-OH is 1.